The molecule has 35 heavy (non-hydrogen) atoms. The highest BCUT2D eigenvalue weighted by Crippen LogP contribution is 2.40. The van der Waals surface area contributed by atoms with Gasteiger partial charge in [0.1, 0.15) is 5.67 Å². The molecule has 3 aromatic rings. The molecule has 6 rings (SSSR count). The van der Waals surface area contributed by atoms with Crippen LogP contribution in [-0.4, -0.2) is 68.8 Å². The molecule has 4 N–H and O–H groups in total. The van der Waals surface area contributed by atoms with E-state index in [1.54, 1.807) is 16.9 Å². The molecule has 1 atom stereocenters. The number of anilines is 1. The van der Waals surface area contributed by atoms with Crippen molar-refractivity contribution < 1.29 is 9.18 Å². The molecule has 4 heterocycles. The van der Waals surface area contributed by atoms with Crippen molar-refractivity contribution in [3.05, 3.63) is 59.2 Å². The number of amides is 1. The van der Waals surface area contributed by atoms with Gasteiger partial charge in [-0.1, -0.05) is 6.08 Å². The van der Waals surface area contributed by atoms with Gasteiger partial charge in [-0.3, -0.25) is 4.79 Å². The Morgan fingerprint density at radius 3 is 2.86 bits per heavy atom. The third-order valence-electron chi connectivity index (χ3n) is 7.26. The Morgan fingerprint density at radius 1 is 1.29 bits per heavy atom. The number of fused-ring (bicyclic) bond motifs is 2. The molecule has 1 aliphatic heterocycles. The van der Waals surface area contributed by atoms with Crippen molar-refractivity contribution in [1.82, 2.24) is 29.8 Å². The van der Waals surface area contributed by atoms with Gasteiger partial charge in [-0.2, -0.15) is 5.10 Å². The lowest BCUT2D eigenvalue weighted by Crippen LogP contribution is -2.43. The van der Waals surface area contributed by atoms with E-state index in [4.69, 9.17) is 5.73 Å². The van der Waals surface area contributed by atoms with Crippen LogP contribution in [0, 0.1) is 0 Å². The zero-order chi connectivity index (χ0) is 24.2. The standard InChI is InChI=1S/C25H29FN8O/c1-33-7-3-16(4-8-33)31-23(35)19-13-30-34-9-2-15(10-21(19)34)17-11-20(27)22-18(17)12-28-24(32-22)29-14-25(26)5-6-25/h2,9-13,16,20H,3-8,14,27H2,1H3,(H,31,35)(H,28,29,32)/t20-/m0/s1. The highest BCUT2D eigenvalue weighted by Gasteiger charge is 2.43. The molecule has 0 radical (unpaired) electrons. The summed E-state index contributed by atoms with van der Waals surface area (Å²) in [7, 11) is 2.10. The molecule has 0 aromatic carbocycles. The zero-order valence-electron chi connectivity index (χ0n) is 19.7. The average molecular weight is 477 g/mol. The van der Waals surface area contributed by atoms with E-state index in [9.17, 15) is 9.18 Å². The Morgan fingerprint density at radius 2 is 2.09 bits per heavy atom. The first-order valence-corrected chi connectivity index (χ1v) is 12.1. The number of pyridine rings is 1. The van der Waals surface area contributed by atoms with Gasteiger partial charge in [0.15, 0.2) is 0 Å². The van der Waals surface area contributed by atoms with Crippen molar-refractivity contribution in [3.63, 3.8) is 0 Å². The third kappa shape index (κ3) is 4.28. The van der Waals surface area contributed by atoms with Gasteiger partial charge in [0.2, 0.25) is 5.95 Å². The van der Waals surface area contributed by atoms with Crippen molar-refractivity contribution in [3.8, 4) is 0 Å². The highest BCUT2D eigenvalue weighted by atomic mass is 19.1. The van der Waals surface area contributed by atoms with Crippen LogP contribution in [0.2, 0.25) is 0 Å². The van der Waals surface area contributed by atoms with E-state index in [1.807, 2.05) is 24.4 Å². The Bertz CT molecular complexity index is 1320. The lowest BCUT2D eigenvalue weighted by Gasteiger charge is -2.29. The second kappa shape index (κ2) is 8.39. The summed E-state index contributed by atoms with van der Waals surface area (Å²) in [6.45, 7) is 2.17. The molecule has 3 aromatic heterocycles. The fraction of sp³-hybridized carbons (Fsp3) is 0.440. The Labute approximate surface area is 202 Å². The predicted molar refractivity (Wildman–Crippen MR) is 131 cm³/mol. The van der Waals surface area contributed by atoms with Gasteiger partial charge < -0.3 is 21.3 Å². The van der Waals surface area contributed by atoms with E-state index in [2.05, 4.69) is 37.6 Å². The molecule has 10 heteroatoms. The third-order valence-corrected chi connectivity index (χ3v) is 7.26. The van der Waals surface area contributed by atoms with Gasteiger partial charge in [-0.05, 0) is 69.1 Å². The maximum atomic E-state index is 14.0. The highest BCUT2D eigenvalue weighted by molar-refractivity contribution is 6.01. The average Bonchev–Trinajstić information content (AvgIpc) is 3.30. The number of alkyl halides is 1. The molecular weight excluding hydrogens is 447 g/mol. The van der Waals surface area contributed by atoms with E-state index in [1.165, 1.54) is 0 Å². The number of carbonyl (C=O) groups is 1. The minimum Gasteiger partial charge on any atom is -0.351 e. The lowest BCUT2D eigenvalue weighted by molar-refractivity contribution is 0.0918. The quantitative estimate of drug-likeness (QED) is 0.500. The van der Waals surface area contributed by atoms with Crippen LogP contribution < -0.4 is 16.4 Å². The summed E-state index contributed by atoms with van der Waals surface area (Å²) in [6.07, 6.45) is 10.2. The van der Waals surface area contributed by atoms with Crippen LogP contribution in [0.5, 0.6) is 0 Å². The molecule has 9 nitrogen and oxygen atoms in total. The monoisotopic (exact) mass is 476 g/mol. The van der Waals surface area contributed by atoms with E-state index < -0.39 is 11.7 Å². The molecule has 1 saturated heterocycles. The van der Waals surface area contributed by atoms with Crippen molar-refractivity contribution in [2.75, 3.05) is 32.0 Å². The molecule has 0 unspecified atom stereocenters. The molecule has 0 bridgehead atoms. The van der Waals surface area contributed by atoms with Crippen molar-refractivity contribution in [2.24, 2.45) is 5.73 Å². The van der Waals surface area contributed by atoms with Gasteiger partial charge in [0.25, 0.3) is 5.91 Å². The smallest absolute Gasteiger partial charge is 0.255 e. The molecular formula is C25H29FN8O. The number of hydrogen-bond acceptors (Lipinski definition) is 7. The van der Waals surface area contributed by atoms with Gasteiger partial charge >= 0.3 is 0 Å². The van der Waals surface area contributed by atoms with Crippen LogP contribution in [0.15, 0.2) is 36.8 Å². The van der Waals surface area contributed by atoms with Crippen molar-refractivity contribution >= 4 is 22.9 Å². The molecule has 3 aliphatic rings. The van der Waals surface area contributed by atoms with E-state index in [-0.39, 0.29) is 18.5 Å². The van der Waals surface area contributed by atoms with Crippen LogP contribution in [0.3, 0.4) is 0 Å². The Kier molecular flexibility index (Phi) is 5.30. The fourth-order valence-electron chi connectivity index (χ4n) is 4.83. The van der Waals surface area contributed by atoms with Crippen molar-refractivity contribution in [1.29, 1.82) is 0 Å². The predicted octanol–water partition coefficient (Wildman–Crippen LogP) is 2.31. The van der Waals surface area contributed by atoms with E-state index in [0.29, 0.717) is 30.0 Å². The number of nitrogens with two attached hydrogens (primary N) is 1. The van der Waals surface area contributed by atoms with Gasteiger partial charge in [-0.15, -0.1) is 0 Å². The first-order valence-electron chi connectivity index (χ1n) is 12.1. The summed E-state index contributed by atoms with van der Waals surface area (Å²) >= 11 is 0. The number of nitrogens with one attached hydrogen (secondary N) is 2. The summed E-state index contributed by atoms with van der Waals surface area (Å²) in [6, 6.07) is 3.68. The Balaban J connectivity index is 1.24. The number of rotatable bonds is 6. The Hall–Kier alpha value is -3.37. The number of likely N-dealkylation sites (tertiary alicyclic amines) is 1. The molecule has 182 valence electrons. The summed E-state index contributed by atoms with van der Waals surface area (Å²) in [4.78, 5) is 24.3. The number of aromatic nitrogens is 4. The van der Waals surface area contributed by atoms with Crippen LogP contribution in [-0.2, 0) is 0 Å². The van der Waals surface area contributed by atoms with Crippen LogP contribution in [0.1, 0.15) is 58.9 Å². The van der Waals surface area contributed by atoms with Gasteiger partial charge in [0, 0.05) is 24.0 Å². The second-order valence-corrected chi connectivity index (χ2v) is 9.96. The molecule has 1 saturated carbocycles. The number of hydrogen-bond donors (Lipinski definition) is 3. The normalized spacial score (nSPS) is 21.6. The van der Waals surface area contributed by atoms with Gasteiger partial charge in [-0.25, -0.2) is 18.9 Å². The van der Waals surface area contributed by atoms with Crippen LogP contribution >= 0.6 is 0 Å². The first-order chi connectivity index (χ1) is 16.9. The molecule has 1 amide bonds. The van der Waals surface area contributed by atoms with E-state index >= 15 is 0 Å². The summed E-state index contributed by atoms with van der Waals surface area (Å²) < 4.78 is 15.7. The zero-order valence-corrected chi connectivity index (χ0v) is 19.7. The number of piperidine rings is 1. The maximum absolute atomic E-state index is 14.0. The molecule has 2 aliphatic carbocycles. The SMILES string of the molecule is CN1CCC(NC(=O)c2cnn3ccc(C4=C[C@H](N)c5nc(NCC6(F)CC6)ncc54)cc23)CC1. The largest absolute Gasteiger partial charge is 0.351 e. The summed E-state index contributed by atoms with van der Waals surface area (Å²) in [5.74, 6) is 0.279. The topological polar surface area (TPSA) is 113 Å². The van der Waals surface area contributed by atoms with Crippen LogP contribution in [0.4, 0.5) is 10.3 Å². The minimum absolute atomic E-state index is 0.107. The molecule has 0 spiro atoms. The second-order valence-electron chi connectivity index (χ2n) is 9.96. The van der Waals surface area contributed by atoms with Gasteiger partial charge in [0.05, 0.1) is 35.6 Å². The summed E-state index contributed by atoms with van der Waals surface area (Å²) in [5, 5.41) is 10.5. The number of carbonyl (C=O) groups excluding carboxylic acids is 1. The van der Waals surface area contributed by atoms with Crippen molar-refractivity contribution in [2.45, 2.75) is 43.4 Å². The fourth-order valence-corrected chi connectivity index (χ4v) is 4.83. The van der Waals surface area contributed by atoms with Crippen LogP contribution in [0.25, 0.3) is 11.1 Å². The first kappa shape index (κ1) is 22.1. The minimum atomic E-state index is -1.13. The maximum Gasteiger partial charge on any atom is 0.255 e. The summed E-state index contributed by atoms with van der Waals surface area (Å²) in [5.41, 5.74) is 9.87. The number of halogens is 1. The molecule has 2 fully saturated rings. The van der Waals surface area contributed by atoms with E-state index in [0.717, 1.165) is 48.1 Å². The number of nitrogens with zero attached hydrogens (tertiary/aromatic N) is 5. The lowest BCUT2D eigenvalue weighted by atomic mass is 10.0.